The number of rotatable bonds is 4. The molecule has 20 heavy (non-hydrogen) atoms. The second-order valence-corrected chi connectivity index (χ2v) is 5.94. The van der Waals surface area contributed by atoms with Crippen LogP contribution in [0.15, 0.2) is 0 Å². The van der Waals surface area contributed by atoms with E-state index in [4.69, 9.17) is 0 Å². The minimum atomic E-state index is -0.306. The van der Waals surface area contributed by atoms with E-state index in [1.54, 1.807) is 0 Å². The van der Waals surface area contributed by atoms with Crippen molar-refractivity contribution in [2.24, 2.45) is 5.41 Å². The van der Waals surface area contributed by atoms with Gasteiger partial charge in [-0.15, -0.1) is 5.10 Å². The highest BCUT2D eigenvalue weighted by Gasteiger charge is 2.47. The summed E-state index contributed by atoms with van der Waals surface area (Å²) in [7, 11) is 0. The quantitative estimate of drug-likeness (QED) is 0.878. The van der Waals surface area contributed by atoms with Gasteiger partial charge in [-0.2, -0.15) is 10.4 Å². The summed E-state index contributed by atoms with van der Waals surface area (Å²) < 4.78 is 0. The van der Waals surface area contributed by atoms with Gasteiger partial charge in [-0.3, -0.25) is 0 Å². The number of nitrogens with zero attached hydrogens (tertiary/aromatic N) is 3. The van der Waals surface area contributed by atoms with Gasteiger partial charge in [-0.25, -0.2) is 0 Å². The van der Waals surface area contributed by atoms with E-state index in [0.717, 1.165) is 24.1 Å². The summed E-state index contributed by atoms with van der Waals surface area (Å²) in [6.45, 7) is 8.07. The molecule has 5 heteroatoms. The van der Waals surface area contributed by atoms with Gasteiger partial charge >= 0.3 is 0 Å². The minimum absolute atomic E-state index is 0.121. The molecule has 0 aliphatic heterocycles. The molecule has 1 heterocycles. The molecule has 2 unspecified atom stereocenters. The number of nitriles is 1. The van der Waals surface area contributed by atoms with Crippen molar-refractivity contribution in [3.8, 4) is 6.07 Å². The number of aryl methyl sites for hydroxylation is 1. The maximum atomic E-state index is 9.79. The molecule has 0 saturated heterocycles. The van der Waals surface area contributed by atoms with Crippen LogP contribution in [0, 0.1) is 16.7 Å². The maximum Gasteiger partial charge on any atom is 0.167 e. The summed E-state index contributed by atoms with van der Waals surface area (Å²) in [4.78, 5) is 0. The van der Waals surface area contributed by atoms with Gasteiger partial charge in [0.15, 0.2) is 5.82 Å². The zero-order valence-corrected chi connectivity index (χ0v) is 12.6. The molecule has 1 aromatic rings. The largest absolute Gasteiger partial charge is 0.392 e. The number of aliphatic hydroxyl groups excluding tert-OH is 1. The standard InChI is InChI=1S/C15H22N4O/c1-5-9-10(8-16)14(19-18-11(9)6-2)17-12-7-13(20)15(12,3)4/h12-13,20H,5-7H2,1-4H3,(H,17,19). The number of aliphatic hydroxyl groups is 1. The lowest BCUT2D eigenvalue weighted by molar-refractivity contribution is -0.0512. The van der Waals surface area contributed by atoms with E-state index in [1.807, 2.05) is 27.7 Å². The second-order valence-electron chi connectivity index (χ2n) is 5.94. The first-order chi connectivity index (χ1) is 9.45. The zero-order valence-electron chi connectivity index (χ0n) is 12.6. The monoisotopic (exact) mass is 274 g/mol. The summed E-state index contributed by atoms with van der Waals surface area (Å²) in [6, 6.07) is 2.38. The molecule has 2 atom stereocenters. The van der Waals surface area contributed by atoms with Crippen LogP contribution in [-0.2, 0) is 12.8 Å². The fourth-order valence-corrected chi connectivity index (χ4v) is 2.71. The molecule has 0 radical (unpaired) electrons. The Bertz CT molecular complexity index is 548. The van der Waals surface area contributed by atoms with Gasteiger partial charge in [0.2, 0.25) is 0 Å². The van der Waals surface area contributed by atoms with Crippen molar-refractivity contribution >= 4 is 5.82 Å². The van der Waals surface area contributed by atoms with Crippen molar-refractivity contribution in [2.45, 2.75) is 59.1 Å². The highest BCUT2D eigenvalue weighted by atomic mass is 16.3. The molecule has 1 aliphatic carbocycles. The third-order valence-electron chi connectivity index (χ3n) is 4.48. The Morgan fingerprint density at radius 3 is 2.50 bits per heavy atom. The lowest BCUT2D eigenvalue weighted by Crippen LogP contribution is -2.57. The molecule has 2 N–H and O–H groups in total. The summed E-state index contributed by atoms with van der Waals surface area (Å²) >= 11 is 0. The maximum absolute atomic E-state index is 9.79. The van der Waals surface area contributed by atoms with E-state index in [1.165, 1.54) is 0 Å². The van der Waals surface area contributed by atoms with Crippen molar-refractivity contribution in [3.63, 3.8) is 0 Å². The molecule has 108 valence electrons. The van der Waals surface area contributed by atoms with E-state index in [2.05, 4.69) is 21.6 Å². The fraction of sp³-hybridized carbons (Fsp3) is 0.667. The first-order valence-corrected chi connectivity index (χ1v) is 7.18. The van der Waals surface area contributed by atoms with Gasteiger partial charge in [0.1, 0.15) is 11.6 Å². The van der Waals surface area contributed by atoms with Crippen molar-refractivity contribution in [3.05, 3.63) is 16.8 Å². The number of hydrogen-bond donors (Lipinski definition) is 2. The Labute approximate surface area is 120 Å². The first kappa shape index (κ1) is 14.7. The number of aromatic nitrogens is 2. The molecule has 2 rings (SSSR count). The molecular weight excluding hydrogens is 252 g/mol. The van der Waals surface area contributed by atoms with Crippen LogP contribution in [0.1, 0.15) is 50.9 Å². The van der Waals surface area contributed by atoms with Gasteiger partial charge in [-0.1, -0.05) is 27.7 Å². The molecule has 1 fully saturated rings. The van der Waals surface area contributed by atoms with Crippen LogP contribution < -0.4 is 5.32 Å². The summed E-state index contributed by atoms with van der Waals surface area (Å²) in [5.74, 6) is 0.548. The van der Waals surface area contributed by atoms with E-state index in [-0.39, 0.29) is 17.6 Å². The molecule has 0 amide bonds. The molecule has 1 aromatic heterocycles. The minimum Gasteiger partial charge on any atom is -0.392 e. The van der Waals surface area contributed by atoms with Gasteiger partial charge in [0.25, 0.3) is 0 Å². The van der Waals surface area contributed by atoms with Crippen LogP contribution in [0.4, 0.5) is 5.82 Å². The average molecular weight is 274 g/mol. The Morgan fingerprint density at radius 1 is 1.35 bits per heavy atom. The summed E-state index contributed by atoms with van der Waals surface area (Å²) in [5.41, 5.74) is 2.26. The Morgan fingerprint density at radius 2 is 2.05 bits per heavy atom. The third-order valence-corrected chi connectivity index (χ3v) is 4.48. The Balaban J connectivity index is 2.32. The van der Waals surface area contributed by atoms with Crippen LogP contribution in [0.5, 0.6) is 0 Å². The Hall–Kier alpha value is -1.67. The van der Waals surface area contributed by atoms with Crippen LogP contribution >= 0.6 is 0 Å². The van der Waals surface area contributed by atoms with Crippen molar-refractivity contribution < 1.29 is 5.11 Å². The molecule has 5 nitrogen and oxygen atoms in total. The summed E-state index contributed by atoms with van der Waals surface area (Å²) in [5, 5.41) is 30.9. The first-order valence-electron chi connectivity index (χ1n) is 7.18. The van der Waals surface area contributed by atoms with Crippen LogP contribution in [0.3, 0.4) is 0 Å². The predicted octanol–water partition coefficient (Wildman–Crippen LogP) is 2.04. The third kappa shape index (κ3) is 2.25. The normalized spacial score (nSPS) is 23.8. The van der Waals surface area contributed by atoms with Crippen molar-refractivity contribution in [2.75, 3.05) is 5.32 Å². The number of nitrogens with one attached hydrogen (secondary N) is 1. The Kier molecular flexibility index (Phi) is 3.96. The van der Waals surface area contributed by atoms with Crippen LogP contribution in [0.2, 0.25) is 0 Å². The van der Waals surface area contributed by atoms with Gasteiger partial charge < -0.3 is 10.4 Å². The topological polar surface area (TPSA) is 81.8 Å². The fourth-order valence-electron chi connectivity index (χ4n) is 2.71. The number of hydrogen-bond acceptors (Lipinski definition) is 5. The zero-order chi connectivity index (χ0) is 14.9. The van der Waals surface area contributed by atoms with E-state index < -0.39 is 0 Å². The smallest absolute Gasteiger partial charge is 0.167 e. The highest BCUT2D eigenvalue weighted by molar-refractivity contribution is 5.57. The number of anilines is 1. The molecule has 1 aliphatic rings. The lowest BCUT2D eigenvalue weighted by atomic mass is 9.64. The molecule has 0 bridgehead atoms. The van der Waals surface area contributed by atoms with E-state index in [0.29, 0.717) is 17.8 Å². The molecule has 0 aromatic carbocycles. The molecule has 0 spiro atoms. The molecule has 1 saturated carbocycles. The van der Waals surface area contributed by atoms with E-state index in [9.17, 15) is 10.4 Å². The van der Waals surface area contributed by atoms with Gasteiger partial charge in [0.05, 0.1) is 11.8 Å². The van der Waals surface area contributed by atoms with Crippen LogP contribution in [0.25, 0.3) is 0 Å². The van der Waals surface area contributed by atoms with Gasteiger partial charge in [0, 0.05) is 11.5 Å². The van der Waals surface area contributed by atoms with E-state index >= 15 is 0 Å². The van der Waals surface area contributed by atoms with Crippen molar-refractivity contribution in [1.82, 2.24) is 10.2 Å². The van der Waals surface area contributed by atoms with Gasteiger partial charge in [-0.05, 0) is 24.8 Å². The lowest BCUT2D eigenvalue weighted by Gasteiger charge is -2.49. The highest BCUT2D eigenvalue weighted by Crippen LogP contribution is 2.42. The second kappa shape index (κ2) is 5.37. The van der Waals surface area contributed by atoms with Crippen molar-refractivity contribution in [1.29, 1.82) is 5.26 Å². The average Bonchev–Trinajstić information content (AvgIpc) is 2.45. The predicted molar refractivity (Wildman–Crippen MR) is 77.3 cm³/mol. The van der Waals surface area contributed by atoms with Crippen LogP contribution in [-0.4, -0.2) is 27.4 Å². The molecular formula is C15H22N4O. The summed E-state index contributed by atoms with van der Waals surface area (Å²) in [6.07, 6.45) is 1.92. The SMILES string of the molecule is CCc1nnc(NC2CC(O)C2(C)C)c(C#N)c1CC.